The number of ether oxygens (including phenoxy) is 1. The van der Waals surface area contributed by atoms with Crippen LogP contribution in [-0.2, 0) is 11.2 Å². The molecule has 5 rings (SSSR count). The van der Waals surface area contributed by atoms with E-state index in [0.717, 1.165) is 31.9 Å². The molecular weight excluding hydrogens is 412 g/mol. The first-order valence-corrected chi connectivity index (χ1v) is 11.3. The minimum atomic E-state index is 0.147. The molecule has 0 unspecified atom stereocenters. The van der Waals surface area contributed by atoms with Gasteiger partial charge < -0.3 is 14.5 Å². The molecule has 1 fully saturated rings. The van der Waals surface area contributed by atoms with Crippen LogP contribution >= 0.6 is 0 Å². The van der Waals surface area contributed by atoms with Crippen molar-refractivity contribution in [3.8, 4) is 6.07 Å². The number of morpholine rings is 1. The predicted molar refractivity (Wildman–Crippen MR) is 128 cm³/mol. The number of fused-ring (bicyclic) bond motifs is 1. The van der Waals surface area contributed by atoms with E-state index < -0.39 is 0 Å². The van der Waals surface area contributed by atoms with E-state index >= 15 is 0 Å². The lowest BCUT2D eigenvalue weighted by Gasteiger charge is -2.34. The van der Waals surface area contributed by atoms with E-state index in [1.807, 2.05) is 24.3 Å². The molecular formula is C27H26N4O2. The molecule has 1 aliphatic rings. The van der Waals surface area contributed by atoms with E-state index in [1.54, 1.807) is 0 Å². The summed E-state index contributed by atoms with van der Waals surface area (Å²) in [6.45, 7) is 3.81. The van der Waals surface area contributed by atoms with Crippen molar-refractivity contribution in [2.45, 2.75) is 12.5 Å². The summed E-state index contributed by atoms with van der Waals surface area (Å²) in [5, 5.41) is 15.4. The lowest BCUT2D eigenvalue weighted by molar-refractivity contribution is 0.0186. The highest BCUT2D eigenvalue weighted by Gasteiger charge is 2.24. The third-order valence-electron chi connectivity index (χ3n) is 6.13. The zero-order valence-corrected chi connectivity index (χ0v) is 18.4. The van der Waals surface area contributed by atoms with Crippen LogP contribution in [0.25, 0.3) is 10.8 Å². The molecule has 0 aliphatic carbocycles. The van der Waals surface area contributed by atoms with Gasteiger partial charge in [0.05, 0.1) is 25.7 Å². The molecule has 166 valence electrons. The second-order valence-electron chi connectivity index (χ2n) is 8.17. The number of benzene rings is 3. The van der Waals surface area contributed by atoms with Crippen LogP contribution < -0.4 is 5.32 Å². The second-order valence-corrected chi connectivity index (χ2v) is 8.17. The predicted octanol–water partition coefficient (Wildman–Crippen LogP) is 4.78. The molecule has 2 heterocycles. The number of oxazole rings is 1. The molecule has 4 aromatic rings. The Morgan fingerprint density at radius 2 is 1.73 bits per heavy atom. The SMILES string of the molecule is N#Cc1nc(Cc2cccc3ccccc23)oc1NC[C@H](c1ccccc1)N1CCOCC1. The summed E-state index contributed by atoms with van der Waals surface area (Å²) in [5.74, 6) is 0.968. The lowest BCUT2D eigenvalue weighted by Crippen LogP contribution is -2.41. The van der Waals surface area contributed by atoms with Gasteiger partial charge >= 0.3 is 0 Å². The maximum atomic E-state index is 9.66. The van der Waals surface area contributed by atoms with Gasteiger partial charge in [0.2, 0.25) is 17.5 Å². The fourth-order valence-electron chi connectivity index (χ4n) is 4.46. The Bertz CT molecular complexity index is 1250. The normalized spacial score (nSPS) is 15.2. The third-order valence-corrected chi connectivity index (χ3v) is 6.13. The van der Waals surface area contributed by atoms with E-state index in [-0.39, 0.29) is 6.04 Å². The van der Waals surface area contributed by atoms with Crippen molar-refractivity contribution >= 4 is 16.7 Å². The summed E-state index contributed by atoms with van der Waals surface area (Å²) < 4.78 is 11.6. The van der Waals surface area contributed by atoms with Crippen LogP contribution in [0.3, 0.4) is 0 Å². The van der Waals surface area contributed by atoms with Crippen molar-refractivity contribution in [2.24, 2.45) is 0 Å². The first-order chi connectivity index (χ1) is 16.3. The molecule has 1 saturated heterocycles. The van der Waals surface area contributed by atoms with Crippen LogP contribution in [0.1, 0.15) is 28.8 Å². The Kier molecular flexibility index (Phi) is 6.34. The Hall–Kier alpha value is -3.66. The number of aromatic nitrogens is 1. The molecule has 0 saturated carbocycles. The fraction of sp³-hybridized carbons (Fsp3) is 0.259. The van der Waals surface area contributed by atoms with Gasteiger partial charge in [0.1, 0.15) is 6.07 Å². The van der Waals surface area contributed by atoms with Gasteiger partial charge in [-0.05, 0) is 21.9 Å². The standard InChI is InChI=1S/C27H26N4O2/c28-18-24-27(29-19-25(21-8-2-1-3-9-21)31-13-15-32-16-14-31)33-26(30-24)17-22-11-6-10-20-7-4-5-12-23(20)22/h1-12,25,29H,13-17,19H2/t25-/m1/s1. The number of hydrogen-bond acceptors (Lipinski definition) is 6. The van der Waals surface area contributed by atoms with E-state index in [0.29, 0.717) is 30.4 Å². The second kappa shape index (κ2) is 9.86. The average Bonchev–Trinajstić information content (AvgIpc) is 3.27. The van der Waals surface area contributed by atoms with Crippen molar-refractivity contribution < 1.29 is 9.15 Å². The maximum absolute atomic E-state index is 9.66. The highest BCUT2D eigenvalue weighted by Crippen LogP contribution is 2.26. The van der Waals surface area contributed by atoms with Gasteiger partial charge in [0.15, 0.2) is 0 Å². The number of hydrogen-bond donors (Lipinski definition) is 1. The average molecular weight is 439 g/mol. The first-order valence-electron chi connectivity index (χ1n) is 11.3. The van der Waals surface area contributed by atoms with Crippen molar-refractivity contribution in [3.05, 3.63) is 95.5 Å². The number of rotatable bonds is 7. The van der Waals surface area contributed by atoms with Gasteiger partial charge in [-0.3, -0.25) is 4.90 Å². The molecule has 0 bridgehead atoms. The maximum Gasteiger partial charge on any atom is 0.232 e. The summed E-state index contributed by atoms with van der Waals surface area (Å²) in [7, 11) is 0. The van der Waals surface area contributed by atoms with E-state index in [4.69, 9.17) is 9.15 Å². The van der Waals surface area contributed by atoms with Crippen molar-refractivity contribution in [1.29, 1.82) is 5.26 Å². The van der Waals surface area contributed by atoms with Crippen molar-refractivity contribution in [2.75, 3.05) is 38.2 Å². The summed E-state index contributed by atoms with van der Waals surface area (Å²) >= 11 is 0. The van der Waals surface area contributed by atoms with Gasteiger partial charge in [0, 0.05) is 19.6 Å². The summed E-state index contributed by atoms with van der Waals surface area (Å²) in [6.07, 6.45) is 0.531. The summed E-state index contributed by atoms with van der Waals surface area (Å²) in [4.78, 5) is 6.88. The number of nitrogens with one attached hydrogen (secondary N) is 1. The molecule has 1 N–H and O–H groups in total. The third kappa shape index (κ3) is 4.75. The molecule has 1 aromatic heterocycles. The highest BCUT2D eigenvalue weighted by molar-refractivity contribution is 5.85. The Morgan fingerprint density at radius 1 is 0.970 bits per heavy atom. The number of nitriles is 1. The topological polar surface area (TPSA) is 74.3 Å². The zero-order chi connectivity index (χ0) is 22.5. The molecule has 1 atom stereocenters. The lowest BCUT2D eigenvalue weighted by atomic mass is 10.0. The molecule has 6 heteroatoms. The van der Waals surface area contributed by atoms with Crippen LogP contribution in [0.5, 0.6) is 0 Å². The quantitative estimate of drug-likeness (QED) is 0.448. The molecule has 0 amide bonds. The highest BCUT2D eigenvalue weighted by atomic mass is 16.5. The molecule has 6 nitrogen and oxygen atoms in total. The Balaban J connectivity index is 1.36. The summed E-state index contributed by atoms with van der Waals surface area (Å²) in [6, 6.07) is 27.2. The van der Waals surface area contributed by atoms with Crippen molar-refractivity contribution in [3.63, 3.8) is 0 Å². The smallest absolute Gasteiger partial charge is 0.232 e. The van der Waals surface area contributed by atoms with Gasteiger partial charge in [-0.15, -0.1) is 0 Å². The van der Waals surface area contributed by atoms with Gasteiger partial charge in [0.25, 0.3) is 0 Å². The van der Waals surface area contributed by atoms with E-state index in [1.165, 1.54) is 16.3 Å². The zero-order valence-electron chi connectivity index (χ0n) is 18.4. The minimum absolute atomic E-state index is 0.147. The molecule has 0 radical (unpaired) electrons. The molecule has 0 spiro atoms. The molecule has 3 aromatic carbocycles. The van der Waals surface area contributed by atoms with Gasteiger partial charge in [-0.2, -0.15) is 5.26 Å². The Labute approximate surface area is 193 Å². The minimum Gasteiger partial charge on any atom is -0.423 e. The van der Waals surface area contributed by atoms with Crippen LogP contribution in [0, 0.1) is 11.3 Å². The van der Waals surface area contributed by atoms with Crippen LogP contribution in [0.4, 0.5) is 5.88 Å². The molecule has 33 heavy (non-hydrogen) atoms. The first kappa shape index (κ1) is 21.2. The fourth-order valence-corrected chi connectivity index (χ4v) is 4.46. The molecule has 1 aliphatic heterocycles. The number of anilines is 1. The van der Waals surface area contributed by atoms with Crippen molar-refractivity contribution in [1.82, 2.24) is 9.88 Å². The van der Waals surface area contributed by atoms with E-state index in [2.05, 4.69) is 69.8 Å². The largest absolute Gasteiger partial charge is 0.423 e. The van der Waals surface area contributed by atoms with E-state index in [9.17, 15) is 5.26 Å². The van der Waals surface area contributed by atoms with Crippen LogP contribution in [0.2, 0.25) is 0 Å². The number of nitrogens with zero attached hydrogens (tertiary/aromatic N) is 3. The van der Waals surface area contributed by atoms with Crippen LogP contribution in [0.15, 0.2) is 77.2 Å². The monoisotopic (exact) mass is 438 g/mol. The Morgan fingerprint density at radius 3 is 2.55 bits per heavy atom. The van der Waals surface area contributed by atoms with Gasteiger partial charge in [-0.1, -0.05) is 72.8 Å². The van der Waals surface area contributed by atoms with Gasteiger partial charge in [-0.25, -0.2) is 4.98 Å². The summed E-state index contributed by atoms with van der Waals surface area (Å²) in [5.41, 5.74) is 2.64. The van der Waals surface area contributed by atoms with Crippen LogP contribution in [-0.4, -0.2) is 42.7 Å².